The first-order valence-corrected chi connectivity index (χ1v) is 12.9. The van der Waals surface area contributed by atoms with Gasteiger partial charge in [0, 0.05) is 5.39 Å². The van der Waals surface area contributed by atoms with Crippen molar-refractivity contribution in [1.29, 1.82) is 0 Å². The minimum absolute atomic E-state index is 0.0137. The van der Waals surface area contributed by atoms with Crippen LogP contribution in [-0.2, 0) is 11.2 Å². The van der Waals surface area contributed by atoms with Crippen LogP contribution in [0.15, 0.2) is 95.4 Å². The van der Waals surface area contributed by atoms with Crippen molar-refractivity contribution in [2.75, 3.05) is 0 Å². The molecule has 5 aromatic carbocycles. The van der Waals surface area contributed by atoms with Gasteiger partial charge in [-0.2, -0.15) is 0 Å². The Labute approximate surface area is 242 Å². The van der Waals surface area contributed by atoms with E-state index in [1.54, 1.807) is 30.3 Å². The lowest BCUT2D eigenvalue weighted by atomic mass is 9.99. The maximum Gasteiger partial charge on any atom is 0.343 e. The largest absolute Gasteiger partial charge is 0.508 e. The van der Waals surface area contributed by atoms with E-state index < -0.39 is 29.2 Å². The van der Waals surface area contributed by atoms with Crippen molar-refractivity contribution in [1.82, 2.24) is 0 Å². The number of hydrogen-bond donors (Lipinski definition) is 5. The monoisotopic (exact) mass is 578 g/mol. The predicted octanol–water partition coefficient (Wildman–Crippen LogP) is 6.15. The second-order valence-corrected chi connectivity index (χ2v) is 9.62. The van der Waals surface area contributed by atoms with E-state index in [1.165, 1.54) is 60.7 Å². The first-order chi connectivity index (χ1) is 20.7. The Hall–Kier alpha value is -6.16. The van der Waals surface area contributed by atoms with E-state index in [2.05, 4.69) is 0 Å². The van der Waals surface area contributed by atoms with Gasteiger partial charge >= 0.3 is 11.9 Å². The molecule has 0 aliphatic carbocycles. The molecule has 0 saturated carbocycles. The van der Waals surface area contributed by atoms with Gasteiger partial charge in [-0.3, -0.25) is 4.79 Å². The smallest absolute Gasteiger partial charge is 0.343 e. The zero-order valence-corrected chi connectivity index (χ0v) is 22.1. The lowest BCUT2D eigenvalue weighted by Crippen LogP contribution is -2.13. The third kappa shape index (κ3) is 4.97. The Kier molecular flexibility index (Phi) is 6.71. The van der Waals surface area contributed by atoms with Crippen molar-refractivity contribution in [2.24, 2.45) is 0 Å². The summed E-state index contributed by atoms with van der Waals surface area (Å²) in [4.78, 5) is 26.4. The highest BCUT2D eigenvalue weighted by Crippen LogP contribution is 2.55. The molecule has 0 radical (unpaired) electrons. The summed E-state index contributed by atoms with van der Waals surface area (Å²) in [5.74, 6) is -4.13. The molecule has 10 nitrogen and oxygen atoms in total. The first-order valence-electron chi connectivity index (χ1n) is 12.9. The number of ether oxygens (including phenoxy) is 2. The molecule has 0 spiro atoms. The number of furan rings is 1. The molecular weight excluding hydrogens is 556 g/mol. The number of aromatic hydroxyl groups is 5. The molecule has 0 aliphatic heterocycles. The van der Waals surface area contributed by atoms with Crippen LogP contribution in [0, 0.1) is 0 Å². The molecule has 0 amide bonds. The van der Waals surface area contributed by atoms with Crippen LogP contribution in [0.25, 0.3) is 33.1 Å². The van der Waals surface area contributed by atoms with Crippen LogP contribution < -0.4 is 9.47 Å². The van der Waals surface area contributed by atoms with Crippen molar-refractivity contribution in [3.8, 4) is 51.4 Å². The number of benzene rings is 5. The van der Waals surface area contributed by atoms with Crippen molar-refractivity contribution >= 4 is 33.9 Å². The molecule has 6 aromatic rings. The van der Waals surface area contributed by atoms with E-state index in [4.69, 9.17) is 13.9 Å². The van der Waals surface area contributed by atoms with Crippen LogP contribution in [-0.4, -0.2) is 37.5 Å². The van der Waals surface area contributed by atoms with Crippen LogP contribution in [0.5, 0.6) is 40.2 Å². The standard InChI is InChI=1S/C33H22O10/c34-20-10-6-18(7-11-20)25-28(39)30(41-24(37)16-17-4-2-1-3-5-17)26-22-14-15-23(36)27(38)29(22)42-32(26)31(25)43-33(40)19-8-12-21(35)13-9-19/h1-15,34-36,38-39H,16H2. The second kappa shape index (κ2) is 10.7. The third-order valence-corrected chi connectivity index (χ3v) is 6.78. The number of phenolic OH excluding ortho intramolecular Hbond substituents is 5. The number of fused-ring (bicyclic) bond motifs is 3. The van der Waals surface area contributed by atoms with Gasteiger partial charge in [-0.15, -0.1) is 0 Å². The average Bonchev–Trinajstić information content (AvgIpc) is 3.39. The van der Waals surface area contributed by atoms with Gasteiger partial charge < -0.3 is 39.4 Å². The van der Waals surface area contributed by atoms with Crippen molar-refractivity contribution in [2.45, 2.75) is 6.42 Å². The summed E-state index contributed by atoms with van der Waals surface area (Å²) >= 11 is 0. The molecule has 0 bridgehead atoms. The van der Waals surface area contributed by atoms with Gasteiger partial charge in [-0.05, 0) is 59.7 Å². The molecule has 1 heterocycles. The fraction of sp³-hybridized carbons (Fsp3) is 0.0303. The summed E-state index contributed by atoms with van der Waals surface area (Å²) in [6, 6.07) is 22.2. The van der Waals surface area contributed by atoms with Gasteiger partial charge in [0.05, 0.1) is 22.9 Å². The van der Waals surface area contributed by atoms with E-state index in [9.17, 15) is 35.1 Å². The molecule has 1 aromatic heterocycles. The molecule has 0 fully saturated rings. The van der Waals surface area contributed by atoms with Crippen LogP contribution in [0.4, 0.5) is 0 Å². The lowest BCUT2D eigenvalue weighted by molar-refractivity contribution is -0.133. The van der Waals surface area contributed by atoms with Gasteiger partial charge in [0.2, 0.25) is 5.75 Å². The minimum Gasteiger partial charge on any atom is -0.508 e. The molecule has 0 atom stereocenters. The van der Waals surface area contributed by atoms with Crippen molar-refractivity contribution in [3.63, 3.8) is 0 Å². The van der Waals surface area contributed by atoms with Gasteiger partial charge in [0.15, 0.2) is 34.2 Å². The molecular formula is C33H22O10. The number of hydrogen-bond acceptors (Lipinski definition) is 10. The summed E-state index contributed by atoms with van der Waals surface area (Å²) in [7, 11) is 0. The zero-order valence-electron chi connectivity index (χ0n) is 22.1. The summed E-state index contributed by atoms with van der Waals surface area (Å²) in [5, 5.41) is 52.1. The van der Waals surface area contributed by atoms with Gasteiger partial charge in [-0.25, -0.2) is 4.79 Å². The normalized spacial score (nSPS) is 11.1. The second-order valence-electron chi connectivity index (χ2n) is 9.62. The van der Waals surface area contributed by atoms with Crippen LogP contribution >= 0.6 is 0 Å². The maximum absolute atomic E-state index is 13.3. The van der Waals surface area contributed by atoms with E-state index >= 15 is 0 Å². The number of carbonyl (C=O) groups excluding carboxylic acids is 2. The highest BCUT2D eigenvalue weighted by molar-refractivity contribution is 6.17. The van der Waals surface area contributed by atoms with Gasteiger partial charge in [0.1, 0.15) is 11.5 Å². The number of esters is 2. The fourth-order valence-electron chi connectivity index (χ4n) is 4.73. The highest BCUT2D eigenvalue weighted by Gasteiger charge is 2.31. The van der Waals surface area contributed by atoms with Gasteiger partial charge in [0.25, 0.3) is 0 Å². The zero-order chi connectivity index (χ0) is 30.2. The topological polar surface area (TPSA) is 167 Å². The molecule has 43 heavy (non-hydrogen) atoms. The molecule has 6 rings (SSSR count). The Morgan fingerprint density at radius 1 is 0.651 bits per heavy atom. The Bertz CT molecular complexity index is 2010. The summed E-state index contributed by atoms with van der Waals surface area (Å²) in [6.45, 7) is 0. The van der Waals surface area contributed by atoms with Gasteiger partial charge in [-0.1, -0.05) is 42.5 Å². The van der Waals surface area contributed by atoms with E-state index in [-0.39, 0.29) is 68.0 Å². The lowest BCUT2D eigenvalue weighted by Gasteiger charge is -2.17. The maximum atomic E-state index is 13.3. The summed E-state index contributed by atoms with van der Waals surface area (Å²) < 4.78 is 17.5. The minimum atomic E-state index is -0.887. The van der Waals surface area contributed by atoms with E-state index in [0.717, 1.165) is 0 Å². The molecule has 0 aliphatic rings. The quantitative estimate of drug-likeness (QED) is 0.0879. The summed E-state index contributed by atoms with van der Waals surface area (Å²) in [5.41, 5.74) is 0.424. The predicted molar refractivity (Wildman–Crippen MR) is 155 cm³/mol. The molecule has 214 valence electrons. The van der Waals surface area contributed by atoms with Crippen LogP contribution in [0.1, 0.15) is 15.9 Å². The molecule has 5 N–H and O–H groups in total. The average molecular weight is 579 g/mol. The molecule has 0 saturated heterocycles. The van der Waals surface area contributed by atoms with Crippen LogP contribution in [0.2, 0.25) is 0 Å². The summed E-state index contributed by atoms with van der Waals surface area (Å²) in [6.07, 6.45) is -0.143. The fourth-order valence-corrected chi connectivity index (χ4v) is 4.73. The number of phenols is 5. The Morgan fingerprint density at radius 3 is 1.98 bits per heavy atom. The third-order valence-electron chi connectivity index (χ3n) is 6.78. The van der Waals surface area contributed by atoms with E-state index in [0.29, 0.717) is 5.56 Å². The first kappa shape index (κ1) is 27.0. The Balaban J connectivity index is 1.62. The number of carbonyl (C=O) groups is 2. The molecule has 10 heteroatoms. The SMILES string of the molecule is O=C(Cc1ccccc1)Oc1c(O)c(-c2ccc(O)cc2)c(OC(=O)c2ccc(O)cc2)c2oc3c(O)c(O)ccc3c12. The van der Waals surface area contributed by atoms with Crippen molar-refractivity contribution in [3.05, 3.63) is 102 Å². The van der Waals surface area contributed by atoms with Crippen LogP contribution in [0.3, 0.4) is 0 Å². The number of rotatable bonds is 6. The Morgan fingerprint density at radius 2 is 1.30 bits per heavy atom. The van der Waals surface area contributed by atoms with E-state index in [1.807, 2.05) is 0 Å². The highest BCUT2D eigenvalue weighted by atomic mass is 16.6. The molecule has 0 unspecified atom stereocenters. The van der Waals surface area contributed by atoms with Crippen molar-refractivity contribution < 1.29 is 49.0 Å².